The highest BCUT2D eigenvalue weighted by atomic mass is 79.9. The standard InChI is InChI=1S/C14H18BrNO2.ClH/c1-17-11-5-10(15)14-13-9(7-18-14)4-2-3-8(6-16)12(11)13;/h5,8-9H,2-4,6-7,16H2,1H3;1H. The van der Waals surface area contributed by atoms with Crippen molar-refractivity contribution in [2.45, 2.75) is 31.1 Å². The average molecular weight is 349 g/mol. The molecule has 1 aliphatic heterocycles. The lowest BCUT2D eigenvalue weighted by Gasteiger charge is -2.20. The van der Waals surface area contributed by atoms with Crippen LogP contribution in [-0.2, 0) is 0 Å². The highest BCUT2D eigenvalue weighted by molar-refractivity contribution is 9.10. The third-order valence-electron chi connectivity index (χ3n) is 4.13. The smallest absolute Gasteiger partial charge is 0.137 e. The van der Waals surface area contributed by atoms with E-state index in [0.29, 0.717) is 18.4 Å². The van der Waals surface area contributed by atoms with Crippen molar-refractivity contribution >= 4 is 28.3 Å². The summed E-state index contributed by atoms with van der Waals surface area (Å²) in [7, 11) is 1.73. The van der Waals surface area contributed by atoms with E-state index in [4.69, 9.17) is 15.2 Å². The molecule has 0 fully saturated rings. The third kappa shape index (κ3) is 2.34. The molecule has 0 radical (unpaired) electrons. The van der Waals surface area contributed by atoms with Crippen molar-refractivity contribution < 1.29 is 9.47 Å². The van der Waals surface area contributed by atoms with Gasteiger partial charge in [0.2, 0.25) is 0 Å². The summed E-state index contributed by atoms with van der Waals surface area (Å²) in [6.45, 7) is 1.47. The summed E-state index contributed by atoms with van der Waals surface area (Å²) in [6.07, 6.45) is 3.55. The first kappa shape index (κ1) is 14.9. The predicted molar refractivity (Wildman–Crippen MR) is 81.8 cm³/mol. The summed E-state index contributed by atoms with van der Waals surface area (Å²) in [5.41, 5.74) is 8.59. The Kier molecular flexibility index (Phi) is 4.64. The van der Waals surface area contributed by atoms with Crippen LogP contribution in [0.15, 0.2) is 10.5 Å². The van der Waals surface area contributed by atoms with E-state index in [0.717, 1.165) is 29.0 Å². The molecule has 5 heteroatoms. The van der Waals surface area contributed by atoms with E-state index in [1.807, 2.05) is 6.07 Å². The predicted octanol–water partition coefficient (Wildman–Crippen LogP) is 3.58. The van der Waals surface area contributed by atoms with Gasteiger partial charge in [0.15, 0.2) is 0 Å². The van der Waals surface area contributed by atoms with Crippen LogP contribution in [0.3, 0.4) is 0 Å². The van der Waals surface area contributed by atoms with Crippen LogP contribution in [0, 0.1) is 0 Å². The normalized spacial score (nSPS) is 23.9. The van der Waals surface area contributed by atoms with Crippen LogP contribution in [0.4, 0.5) is 0 Å². The van der Waals surface area contributed by atoms with Gasteiger partial charge in [-0.05, 0) is 41.4 Å². The molecule has 0 saturated carbocycles. The molecule has 1 aromatic carbocycles. The molecule has 3 rings (SSSR count). The molecule has 0 aromatic heterocycles. The van der Waals surface area contributed by atoms with Crippen molar-refractivity contribution in [1.29, 1.82) is 0 Å². The number of halogens is 2. The fraction of sp³-hybridized carbons (Fsp3) is 0.571. The van der Waals surface area contributed by atoms with Crippen molar-refractivity contribution in [3.8, 4) is 11.5 Å². The van der Waals surface area contributed by atoms with Crippen molar-refractivity contribution in [1.82, 2.24) is 0 Å². The first-order valence-electron chi connectivity index (χ1n) is 6.49. The summed E-state index contributed by atoms with van der Waals surface area (Å²) in [6, 6.07) is 2.02. The van der Waals surface area contributed by atoms with Gasteiger partial charge in [-0.15, -0.1) is 12.4 Å². The number of benzene rings is 1. The van der Waals surface area contributed by atoms with Gasteiger partial charge >= 0.3 is 0 Å². The maximum atomic E-state index is 5.96. The molecule has 1 aliphatic carbocycles. The summed E-state index contributed by atoms with van der Waals surface area (Å²) < 4.78 is 12.4. The second-order valence-electron chi connectivity index (χ2n) is 5.09. The van der Waals surface area contributed by atoms with Crippen molar-refractivity contribution in [3.63, 3.8) is 0 Å². The zero-order chi connectivity index (χ0) is 12.7. The fourth-order valence-corrected chi connectivity index (χ4v) is 3.81. The molecular formula is C14H19BrClNO2. The quantitative estimate of drug-likeness (QED) is 0.888. The number of nitrogens with two attached hydrogens (primary N) is 1. The Morgan fingerprint density at radius 3 is 2.89 bits per heavy atom. The third-order valence-corrected chi connectivity index (χ3v) is 4.72. The molecule has 0 bridgehead atoms. The molecule has 3 nitrogen and oxygen atoms in total. The topological polar surface area (TPSA) is 44.5 Å². The molecule has 0 saturated heterocycles. The van der Waals surface area contributed by atoms with E-state index in [1.165, 1.54) is 24.0 Å². The number of rotatable bonds is 2. The lowest BCUT2D eigenvalue weighted by Crippen LogP contribution is -2.14. The fourth-order valence-electron chi connectivity index (χ4n) is 3.27. The molecule has 2 aliphatic rings. The van der Waals surface area contributed by atoms with Crippen LogP contribution in [0.2, 0.25) is 0 Å². The Bertz CT molecular complexity index is 481. The van der Waals surface area contributed by atoms with Gasteiger partial charge in [0.05, 0.1) is 18.2 Å². The monoisotopic (exact) mass is 347 g/mol. The van der Waals surface area contributed by atoms with Crippen LogP contribution < -0.4 is 15.2 Å². The van der Waals surface area contributed by atoms with Gasteiger partial charge < -0.3 is 15.2 Å². The number of hydrogen-bond acceptors (Lipinski definition) is 3. The number of hydrogen-bond donors (Lipinski definition) is 1. The van der Waals surface area contributed by atoms with Crippen molar-refractivity contribution in [3.05, 3.63) is 21.7 Å². The Morgan fingerprint density at radius 1 is 1.42 bits per heavy atom. The van der Waals surface area contributed by atoms with Crippen molar-refractivity contribution in [2.24, 2.45) is 5.73 Å². The van der Waals surface area contributed by atoms with Gasteiger partial charge in [-0.1, -0.05) is 6.42 Å². The minimum Gasteiger partial charge on any atom is -0.496 e. The van der Waals surface area contributed by atoms with Crippen LogP contribution in [0.1, 0.15) is 42.2 Å². The maximum absolute atomic E-state index is 5.96. The van der Waals surface area contributed by atoms with Gasteiger partial charge in [0.25, 0.3) is 0 Å². The SMILES string of the molecule is COc1cc(Br)c2c3c1C(CN)CCCC3CO2.Cl. The summed E-state index contributed by atoms with van der Waals surface area (Å²) >= 11 is 3.58. The highest BCUT2D eigenvalue weighted by Crippen LogP contribution is 2.51. The van der Waals surface area contributed by atoms with Gasteiger partial charge in [0.1, 0.15) is 11.5 Å². The molecule has 0 spiro atoms. The molecule has 19 heavy (non-hydrogen) atoms. The van der Waals surface area contributed by atoms with Crippen LogP contribution in [-0.4, -0.2) is 20.3 Å². The Hall–Kier alpha value is -0.450. The highest BCUT2D eigenvalue weighted by Gasteiger charge is 2.35. The van der Waals surface area contributed by atoms with Crippen LogP contribution >= 0.6 is 28.3 Å². The Labute approximate surface area is 128 Å². The zero-order valence-electron chi connectivity index (χ0n) is 10.9. The molecule has 0 amide bonds. The number of ether oxygens (including phenoxy) is 2. The Morgan fingerprint density at radius 2 is 2.21 bits per heavy atom. The average Bonchev–Trinajstić information content (AvgIpc) is 2.71. The van der Waals surface area contributed by atoms with Gasteiger partial charge in [0, 0.05) is 23.0 Å². The first-order valence-corrected chi connectivity index (χ1v) is 7.28. The summed E-state index contributed by atoms with van der Waals surface area (Å²) in [5, 5.41) is 0. The van der Waals surface area contributed by atoms with E-state index in [2.05, 4.69) is 15.9 Å². The lowest BCUT2D eigenvalue weighted by molar-refractivity contribution is 0.320. The summed E-state index contributed by atoms with van der Waals surface area (Å²) in [5.74, 6) is 2.87. The first-order chi connectivity index (χ1) is 8.76. The molecule has 1 aromatic rings. The second-order valence-corrected chi connectivity index (χ2v) is 5.94. The number of methoxy groups -OCH3 is 1. The molecule has 2 atom stereocenters. The lowest BCUT2D eigenvalue weighted by atomic mass is 9.89. The van der Waals surface area contributed by atoms with Gasteiger partial charge in [-0.25, -0.2) is 0 Å². The minimum atomic E-state index is 0. The molecule has 2 N–H and O–H groups in total. The van der Waals surface area contributed by atoms with Crippen molar-refractivity contribution in [2.75, 3.05) is 20.3 Å². The van der Waals surface area contributed by atoms with E-state index < -0.39 is 0 Å². The van der Waals surface area contributed by atoms with Gasteiger partial charge in [-0.2, -0.15) is 0 Å². The van der Waals surface area contributed by atoms with E-state index in [9.17, 15) is 0 Å². The zero-order valence-corrected chi connectivity index (χ0v) is 13.4. The van der Waals surface area contributed by atoms with Gasteiger partial charge in [-0.3, -0.25) is 0 Å². The molecular weight excluding hydrogens is 330 g/mol. The van der Waals surface area contributed by atoms with Crippen LogP contribution in [0.25, 0.3) is 0 Å². The molecule has 106 valence electrons. The summed E-state index contributed by atoms with van der Waals surface area (Å²) in [4.78, 5) is 0. The van der Waals surface area contributed by atoms with Crippen LogP contribution in [0.5, 0.6) is 11.5 Å². The maximum Gasteiger partial charge on any atom is 0.137 e. The Balaban J connectivity index is 0.00000133. The van der Waals surface area contributed by atoms with E-state index >= 15 is 0 Å². The minimum absolute atomic E-state index is 0. The molecule has 1 heterocycles. The molecule has 2 unspecified atom stereocenters. The van der Waals surface area contributed by atoms with E-state index in [-0.39, 0.29) is 12.4 Å². The van der Waals surface area contributed by atoms with E-state index in [1.54, 1.807) is 7.11 Å². The largest absolute Gasteiger partial charge is 0.496 e. The second kappa shape index (κ2) is 5.90.